The van der Waals surface area contributed by atoms with Gasteiger partial charge in [0.2, 0.25) is 0 Å². The zero-order chi connectivity index (χ0) is 13.1. The number of carboxylic acid groups (broad SMARTS) is 1. The first-order valence-corrected chi connectivity index (χ1v) is 6.56. The van der Waals surface area contributed by atoms with Crippen LogP contribution in [0.2, 0.25) is 0 Å². The number of hydrogen-bond acceptors (Lipinski definition) is 3. The molecule has 0 aromatic carbocycles. The summed E-state index contributed by atoms with van der Waals surface area (Å²) >= 11 is 0. The van der Waals surface area contributed by atoms with Gasteiger partial charge in [-0.3, -0.25) is 4.79 Å². The van der Waals surface area contributed by atoms with Crippen LogP contribution in [-0.4, -0.2) is 49.4 Å². The Labute approximate surface area is 97.8 Å². The van der Waals surface area contributed by atoms with Crippen LogP contribution in [0.25, 0.3) is 0 Å². The molecule has 1 atom stereocenters. The number of carbonyl (C=O) groups is 1. The van der Waals surface area contributed by atoms with Crippen LogP contribution in [0.1, 0.15) is 19.3 Å². The van der Waals surface area contributed by atoms with E-state index < -0.39 is 35.2 Å². The third-order valence-electron chi connectivity index (χ3n) is 2.47. The van der Waals surface area contributed by atoms with Crippen molar-refractivity contribution in [3.05, 3.63) is 0 Å². The van der Waals surface area contributed by atoms with Crippen molar-refractivity contribution in [3.63, 3.8) is 0 Å². The molecule has 0 bridgehead atoms. The van der Waals surface area contributed by atoms with Gasteiger partial charge in [0.1, 0.15) is 6.04 Å². The Morgan fingerprint density at radius 1 is 1.47 bits per heavy atom. The van der Waals surface area contributed by atoms with Gasteiger partial charge in [-0.05, 0) is 19.3 Å². The van der Waals surface area contributed by atoms with Gasteiger partial charge in [-0.15, -0.1) is 0 Å². The molecular weight excluding hydrogens is 258 g/mol. The van der Waals surface area contributed by atoms with Gasteiger partial charge in [0.05, 0.1) is 6.54 Å². The molecule has 2 N–H and O–H groups in total. The van der Waals surface area contributed by atoms with Gasteiger partial charge in [0.25, 0.3) is 16.6 Å². The SMILES string of the molecule is O=C(O)C1CCCCN1S(=O)(=O)NCC(F)F. The van der Waals surface area contributed by atoms with Crippen molar-refractivity contribution in [2.45, 2.75) is 31.7 Å². The Morgan fingerprint density at radius 3 is 2.65 bits per heavy atom. The zero-order valence-electron chi connectivity index (χ0n) is 8.97. The molecule has 1 aliphatic heterocycles. The molecule has 1 unspecified atom stereocenters. The van der Waals surface area contributed by atoms with Gasteiger partial charge in [-0.25, -0.2) is 8.78 Å². The Bertz CT molecular complexity index is 374. The molecule has 0 amide bonds. The lowest BCUT2D eigenvalue weighted by atomic mass is 10.1. The summed E-state index contributed by atoms with van der Waals surface area (Å²) in [4.78, 5) is 10.9. The second-order valence-electron chi connectivity index (χ2n) is 3.71. The van der Waals surface area contributed by atoms with E-state index in [1.165, 1.54) is 0 Å². The first-order valence-electron chi connectivity index (χ1n) is 5.12. The molecule has 17 heavy (non-hydrogen) atoms. The van der Waals surface area contributed by atoms with E-state index in [9.17, 15) is 22.0 Å². The predicted molar refractivity (Wildman–Crippen MR) is 54.9 cm³/mol. The Kier molecular flexibility index (Phi) is 4.78. The number of aliphatic carboxylic acids is 1. The molecule has 1 fully saturated rings. The summed E-state index contributed by atoms with van der Waals surface area (Å²) in [6, 6.07) is -1.17. The number of carboxylic acids is 1. The van der Waals surface area contributed by atoms with Gasteiger partial charge >= 0.3 is 5.97 Å². The third kappa shape index (κ3) is 3.86. The lowest BCUT2D eigenvalue weighted by molar-refractivity contribution is -0.142. The number of halogens is 2. The average Bonchev–Trinajstić information content (AvgIpc) is 2.26. The van der Waals surface area contributed by atoms with E-state index in [1.54, 1.807) is 4.72 Å². The van der Waals surface area contributed by atoms with Crippen molar-refractivity contribution in [3.8, 4) is 0 Å². The van der Waals surface area contributed by atoms with Crippen LogP contribution >= 0.6 is 0 Å². The number of nitrogens with zero attached hydrogens (tertiary/aromatic N) is 1. The van der Waals surface area contributed by atoms with Crippen molar-refractivity contribution in [2.24, 2.45) is 0 Å². The largest absolute Gasteiger partial charge is 0.480 e. The fourth-order valence-electron chi connectivity index (χ4n) is 1.69. The van der Waals surface area contributed by atoms with Gasteiger partial charge in [-0.2, -0.15) is 17.4 Å². The lowest BCUT2D eigenvalue weighted by Gasteiger charge is -2.31. The molecule has 0 saturated carbocycles. The Balaban J connectivity index is 2.76. The molecule has 0 aliphatic carbocycles. The van der Waals surface area contributed by atoms with Crippen LogP contribution in [-0.2, 0) is 15.0 Å². The second kappa shape index (κ2) is 5.69. The zero-order valence-corrected chi connectivity index (χ0v) is 9.79. The van der Waals surface area contributed by atoms with Crippen molar-refractivity contribution in [2.75, 3.05) is 13.1 Å². The van der Waals surface area contributed by atoms with Gasteiger partial charge in [0.15, 0.2) is 0 Å². The monoisotopic (exact) mass is 272 g/mol. The number of nitrogens with one attached hydrogen (secondary N) is 1. The van der Waals surface area contributed by atoms with Crippen molar-refractivity contribution < 1.29 is 27.1 Å². The van der Waals surface area contributed by atoms with E-state index in [1.807, 2.05) is 0 Å². The molecule has 6 nitrogen and oxygen atoms in total. The topological polar surface area (TPSA) is 86.7 Å². The average molecular weight is 272 g/mol. The lowest BCUT2D eigenvalue weighted by Crippen LogP contribution is -2.52. The molecule has 1 rings (SSSR count). The molecular formula is C8H14F2N2O4S. The van der Waals surface area contributed by atoms with Gasteiger partial charge < -0.3 is 5.11 Å². The molecule has 0 radical (unpaired) electrons. The summed E-state index contributed by atoms with van der Waals surface area (Å²) in [5.74, 6) is -1.26. The Hall–Kier alpha value is -0.800. The highest BCUT2D eigenvalue weighted by molar-refractivity contribution is 7.87. The highest BCUT2D eigenvalue weighted by Crippen LogP contribution is 2.19. The van der Waals surface area contributed by atoms with E-state index in [2.05, 4.69) is 0 Å². The van der Waals surface area contributed by atoms with E-state index >= 15 is 0 Å². The quantitative estimate of drug-likeness (QED) is 0.739. The number of alkyl halides is 2. The summed E-state index contributed by atoms with van der Waals surface area (Å²) in [7, 11) is -4.15. The van der Waals surface area contributed by atoms with Crippen LogP contribution in [0.3, 0.4) is 0 Å². The molecule has 100 valence electrons. The maximum absolute atomic E-state index is 11.9. The van der Waals surface area contributed by atoms with Crippen molar-refractivity contribution in [1.82, 2.24) is 9.03 Å². The summed E-state index contributed by atoms with van der Waals surface area (Å²) in [5.41, 5.74) is 0. The van der Waals surface area contributed by atoms with E-state index in [0.29, 0.717) is 12.8 Å². The molecule has 1 heterocycles. The van der Waals surface area contributed by atoms with E-state index in [4.69, 9.17) is 5.11 Å². The maximum atomic E-state index is 11.9. The van der Waals surface area contributed by atoms with Crippen LogP contribution < -0.4 is 4.72 Å². The van der Waals surface area contributed by atoms with E-state index in [0.717, 1.165) is 4.31 Å². The molecule has 1 aliphatic rings. The smallest absolute Gasteiger partial charge is 0.322 e. The fraction of sp³-hybridized carbons (Fsp3) is 0.875. The molecule has 1 saturated heterocycles. The van der Waals surface area contributed by atoms with Crippen LogP contribution in [0, 0.1) is 0 Å². The van der Waals surface area contributed by atoms with Crippen LogP contribution in [0.15, 0.2) is 0 Å². The second-order valence-corrected chi connectivity index (χ2v) is 5.41. The minimum atomic E-state index is -4.15. The first-order chi connectivity index (χ1) is 7.84. The van der Waals surface area contributed by atoms with Crippen molar-refractivity contribution in [1.29, 1.82) is 0 Å². The third-order valence-corrected chi connectivity index (χ3v) is 4.05. The highest BCUT2D eigenvalue weighted by atomic mass is 32.2. The summed E-state index contributed by atoms with van der Waals surface area (Å²) in [5, 5.41) is 8.87. The molecule has 9 heteroatoms. The number of piperidine rings is 1. The minimum Gasteiger partial charge on any atom is -0.480 e. The summed E-state index contributed by atoms with van der Waals surface area (Å²) in [6.45, 7) is -0.972. The summed E-state index contributed by atoms with van der Waals surface area (Å²) in [6.07, 6.45) is -1.47. The molecule has 0 aromatic rings. The normalized spacial score (nSPS) is 22.9. The number of rotatable bonds is 5. The molecule has 0 aromatic heterocycles. The predicted octanol–water partition coefficient (Wildman–Crippen LogP) is 0.0250. The van der Waals surface area contributed by atoms with E-state index in [-0.39, 0.29) is 13.0 Å². The minimum absolute atomic E-state index is 0.0372. The standard InChI is InChI=1S/C8H14F2N2O4S/c9-7(10)5-11-17(15,16)12-4-2-1-3-6(12)8(13)14/h6-7,11H,1-5H2,(H,13,14). The van der Waals surface area contributed by atoms with Crippen LogP contribution in [0.5, 0.6) is 0 Å². The Morgan fingerprint density at radius 2 is 2.12 bits per heavy atom. The fourth-order valence-corrected chi connectivity index (χ4v) is 3.09. The molecule has 0 spiro atoms. The van der Waals surface area contributed by atoms with Crippen molar-refractivity contribution >= 4 is 16.2 Å². The summed E-state index contributed by atoms with van der Waals surface area (Å²) < 4.78 is 49.5. The van der Waals surface area contributed by atoms with Gasteiger partial charge in [-0.1, -0.05) is 0 Å². The maximum Gasteiger partial charge on any atom is 0.322 e. The number of hydrogen-bond donors (Lipinski definition) is 2. The van der Waals surface area contributed by atoms with Crippen LogP contribution in [0.4, 0.5) is 8.78 Å². The highest BCUT2D eigenvalue weighted by Gasteiger charge is 2.36. The van der Waals surface area contributed by atoms with Gasteiger partial charge in [0, 0.05) is 6.54 Å². The first kappa shape index (κ1) is 14.3.